The van der Waals surface area contributed by atoms with E-state index in [2.05, 4.69) is 30.8 Å². The average molecular weight is 224 g/mol. The van der Waals surface area contributed by atoms with Crippen LogP contribution in [-0.2, 0) is 9.59 Å². The first-order valence-corrected chi connectivity index (χ1v) is 5.74. The lowest BCUT2D eigenvalue weighted by Gasteiger charge is -2.13. The van der Waals surface area contributed by atoms with Crippen LogP contribution in [-0.4, -0.2) is 18.3 Å². The summed E-state index contributed by atoms with van der Waals surface area (Å²) < 4.78 is 0. The number of carbonyl (C=O) groups excluding carboxylic acids is 2. The van der Waals surface area contributed by atoms with E-state index in [9.17, 15) is 9.59 Å². The summed E-state index contributed by atoms with van der Waals surface area (Å²) in [6.07, 6.45) is 6.06. The SMILES string of the molecule is CC(C)CC(C)CCCC(N=C=O)N=C=O. The van der Waals surface area contributed by atoms with Gasteiger partial charge >= 0.3 is 0 Å². The first kappa shape index (κ1) is 14.8. The minimum Gasteiger partial charge on any atom is -0.211 e. The third kappa shape index (κ3) is 8.10. The van der Waals surface area contributed by atoms with E-state index in [1.165, 1.54) is 18.6 Å². The van der Waals surface area contributed by atoms with Crippen molar-refractivity contribution in [2.75, 3.05) is 0 Å². The number of rotatable bonds is 8. The first-order valence-electron chi connectivity index (χ1n) is 5.74. The smallest absolute Gasteiger partial charge is 0.211 e. The van der Waals surface area contributed by atoms with Gasteiger partial charge in [-0.05, 0) is 31.1 Å². The van der Waals surface area contributed by atoms with Crippen LogP contribution in [0.15, 0.2) is 9.98 Å². The van der Waals surface area contributed by atoms with E-state index in [-0.39, 0.29) is 0 Å². The molecule has 0 heterocycles. The molecule has 1 unspecified atom stereocenters. The fourth-order valence-electron chi connectivity index (χ4n) is 1.85. The molecule has 16 heavy (non-hydrogen) atoms. The van der Waals surface area contributed by atoms with Crippen LogP contribution in [0, 0.1) is 11.8 Å². The fraction of sp³-hybridized carbons (Fsp3) is 0.833. The maximum absolute atomic E-state index is 10.1. The molecule has 0 aliphatic heterocycles. The molecule has 1 atom stereocenters. The Kier molecular flexibility index (Phi) is 8.32. The van der Waals surface area contributed by atoms with Crippen LogP contribution in [0.2, 0.25) is 0 Å². The van der Waals surface area contributed by atoms with Gasteiger partial charge in [0.1, 0.15) is 0 Å². The molecule has 0 radical (unpaired) electrons. The zero-order chi connectivity index (χ0) is 12.4. The summed E-state index contributed by atoms with van der Waals surface area (Å²) in [6, 6.07) is 0. The van der Waals surface area contributed by atoms with E-state index in [0.717, 1.165) is 12.8 Å². The third-order valence-electron chi connectivity index (χ3n) is 2.44. The molecule has 0 fully saturated rings. The predicted molar refractivity (Wildman–Crippen MR) is 62.5 cm³/mol. The molecule has 0 rings (SSSR count). The Morgan fingerprint density at radius 3 is 2.00 bits per heavy atom. The van der Waals surface area contributed by atoms with Gasteiger partial charge in [-0.1, -0.05) is 27.2 Å². The average Bonchev–Trinajstić information content (AvgIpc) is 2.17. The molecule has 0 amide bonds. The predicted octanol–water partition coefficient (Wildman–Crippen LogP) is 2.84. The molecule has 0 saturated heterocycles. The quantitative estimate of drug-likeness (QED) is 0.470. The Morgan fingerprint density at radius 1 is 1.00 bits per heavy atom. The van der Waals surface area contributed by atoms with Crippen LogP contribution in [0.5, 0.6) is 0 Å². The Morgan fingerprint density at radius 2 is 1.56 bits per heavy atom. The molecule has 0 bridgehead atoms. The van der Waals surface area contributed by atoms with Gasteiger partial charge in [-0.25, -0.2) is 9.59 Å². The molecule has 0 aromatic rings. The Bertz CT molecular complexity index is 259. The summed E-state index contributed by atoms with van der Waals surface area (Å²) in [5.41, 5.74) is 0. The number of hydrogen-bond acceptors (Lipinski definition) is 4. The summed E-state index contributed by atoms with van der Waals surface area (Å²) in [5.74, 6) is 1.35. The molecule has 0 aliphatic carbocycles. The maximum Gasteiger partial charge on any atom is 0.237 e. The van der Waals surface area contributed by atoms with Gasteiger partial charge in [0.05, 0.1) is 0 Å². The zero-order valence-corrected chi connectivity index (χ0v) is 10.3. The lowest BCUT2D eigenvalue weighted by molar-refractivity contribution is 0.394. The van der Waals surface area contributed by atoms with Gasteiger partial charge in [0.25, 0.3) is 0 Å². The van der Waals surface area contributed by atoms with Crippen LogP contribution in [0.25, 0.3) is 0 Å². The van der Waals surface area contributed by atoms with Gasteiger partial charge in [-0.3, -0.25) is 0 Å². The lowest BCUT2D eigenvalue weighted by atomic mass is 9.94. The highest BCUT2D eigenvalue weighted by molar-refractivity contribution is 5.36. The summed E-state index contributed by atoms with van der Waals surface area (Å²) in [6.45, 7) is 6.61. The van der Waals surface area contributed by atoms with Crippen LogP contribution >= 0.6 is 0 Å². The Labute approximate surface area is 96.9 Å². The molecule has 0 aromatic heterocycles. The van der Waals surface area contributed by atoms with Crippen molar-refractivity contribution in [3.8, 4) is 0 Å². The van der Waals surface area contributed by atoms with Gasteiger partial charge in [-0.15, -0.1) is 0 Å². The van der Waals surface area contributed by atoms with Crippen molar-refractivity contribution in [1.29, 1.82) is 0 Å². The van der Waals surface area contributed by atoms with Gasteiger partial charge in [-0.2, -0.15) is 9.98 Å². The number of nitrogens with zero attached hydrogens (tertiary/aromatic N) is 2. The van der Waals surface area contributed by atoms with Crippen molar-refractivity contribution in [2.24, 2.45) is 21.8 Å². The van der Waals surface area contributed by atoms with Crippen LogP contribution in [0.1, 0.15) is 46.5 Å². The Hall–Kier alpha value is -1.24. The van der Waals surface area contributed by atoms with E-state index < -0.39 is 6.17 Å². The number of aliphatic imine (C=N–C) groups is 2. The third-order valence-corrected chi connectivity index (χ3v) is 2.44. The highest BCUT2D eigenvalue weighted by Crippen LogP contribution is 2.18. The topological polar surface area (TPSA) is 58.9 Å². The second kappa shape index (κ2) is 9.02. The largest absolute Gasteiger partial charge is 0.237 e. The first-order chi connectivity index (χ1) is 7.60. The molecule has 90 valence electrons. The number of hydrogen-bond donors (Lipinski definition) is 0. The highest BCUT2D eigenvalue weighted by Gasteiger charge is 2.08. The molecule has 0 spiro atoms. The molecule has 4 nitrogen and oxygen atoms in total. The van der Waals surface area contributed by atoms with E-state index in [1.807, 2.05) is 0 Å². The van der Waals surface area contributed by atoms with Crippen LogP contribution in [0.4, 0.5) is 0 Å². The summed E-state index contributed by atoms with van der Waals surface area (Å²) in [5, 5.41) is 0. The van der Waals surface area contributed by atoms with Crippen LogP contribution in [0.3, 0.4) is 0 Å². The van der Waals surface area contributed by atoms with Gasteiger partial charge in [0.15, 0.2) is 6.17 Å². The van der Waals surface area contributed by atoms with Crippen molar-refractivity contribution in [3.05, 3.63) is 0 Å². The second-order valence-corrected chi connectivity index (χ2v) is 4.59. The minimum absolute atomic E-state index is 0.582. The lowest BCUT2D eigenvalue weighted by Crippen LogP contribution is -2.04. The van der Waals surface area contributed by atoms with Gasteiger partial charge < -0.3 is 0 Å². The molecule has 0 saturated carbocycles. The summed E-state index contributed by atoms with van der Waals surface area (Å²) >= 11 is 0. The Balaban J connectivity index is 3.85. The van der Waals surface area contributed by atoms with E-state index >= 15 is 0 Å². The highest BCUT2D eigenvalue weighted by atomic mass is 16.1. The monoisotopic (exact) mass is 224 g/mol. The van der Waals surface area contributed by atoms with Crippen molar-refractivity contribution in [3.63, 3.8) is 0 Å². The molecular weight excluding hydrogens is 204 g/mol. The van der Waals surface area contributed by atoms with E-state index in [0.29, 0.717) is 18.3 Å². The van der Waals surface area contributed by atoms with Gasteiger partial charge in [0.2, 0.25) is 12.2 Å². The molecule has 0 N–H and O–H groups in total. The van der Waals surface area contributed by atoms with Crippen molar-refractivity contribution in [1.82, 2.24) is 0 Å². The van der Waals surface area contributed by atoms with E-state index in [1.54, 1.807) is 0 Å². The van der Waals surface area contributed by atoms with Gasteiger partial charge in [0, 0.05) is 0 Å². The fourth-order valence-corrected chi connectivity index (χ4v) is 1.85. The van der Waals surface area contributed by atoms with Crippen LogP contribution < -0.4 is 0 Å². The molecule has 0 aromatic carbocycles. The summed E-state index contributed by atoms with van der Waals surface area (Å²) in [7, 11) is 0. The minimum atomic E-state index is -0.582. The normalized spacial score (nSPS) is 13.8. The molecule has 0 aliphatic rings. The van der Waals surface area contributed by atoms with Crippen molar-refractivity contribution in [2.45, 2.75) is 52.6 Å². The van der Waals surface area contributed by atoms with Crippen molar-refractivity contribution >= 4 is 12.2 Å². The second-order valence-electron chi connectivity index (χ2n) is 4.59. The number of isocyanates is 2. The standard InChI is InChI=1S/C12H20N2O2/c1-10(2)7-11(3)5-4-6-12(13-8-15)14-9-16/h10-12H,4-7H2,1-3H3. The maximum atomic E-state index is 10.1. The van der Waals surface area contributed by atoms with E-state index in [4.69, 9.17) is 0 Å². The summed E-state index contributed by atoms with van der Waals surface area (Å²) in [4.78, 5) is 27.0. The molecule has 4 heteroatoms. The van der Waals surface area contributed by atoms with Crippen molar-refractivity contribution < 1.29 is 9.59 Å². The molecular formula is C12H20N2O2. The zero-order valence-electron chi connectivity index (χ0n) is 10.3.